The van der Waals surface area contributed by atoms with Gasteiger partial charge in [-0.15, -0.1) is 0 Å². The van der Waals surface area contributed by atoms with Gasteiger partial charge in [0.05, 0.1) is 4.92 Å². The van der Waals surface area contributed by atoms with E-state index in [1.54, 1.807) is 12.1 Å². The molecule has 0 unspecified atom stereocenters. The summed E-state index contributed by atoms with van der Waals surface area (Å²) in [7, 11) is -1.84. The van der Waals surface area contributed by atoms with Crippen LogP contribution >= 0.6 is 12.6 Å². The highest BCUT2D eigenvalue weighted by atomic mass is 32.2. The van der Waals surface area contributed by atoms with Gasteiger partial charge >= 0.3 is 21.7 Å². The van der Waals surface area contributed by atoms with Gasteiger partial charge in [-0.2, -0.15) is 34.2 Å². The van der Waals surface area contributed by atoms with Crippen LogP contribution in [0.25, 0.3) is 0 Å². The molecule has 1 aromatic rings. The molecule has 2 aliphatic heterocycles. The average Bonchev–Trinajstić information content (AvgIpc) is 3.44. The van der Waals surface area contributed by atoms with Crippen LogP contribution in [0, 0.1) is 10.1 Å². The van der Waals surface area contributed by atoms with Crippen molar-refractivity contribution in [3.63, 3.8) is 0 Å². The molecule has 2 fully saturated rings. The van der Waals surface area contributed by atoms with Crippen molar-refractivity contribution < 1.29 is 45.4 Å². The Morgan fingerprint density at radius 2 is 1.81 bits per heavy atom. The van der Waals surface area contributed by atoms with Crippen molar-refractivity contribution in [2.75, 3.05) is 33.7 Å². The van der Waals surface area contributed by atoms with Crippen LogP contribution in [-0.4, -0.2) is 101 Å². The van der Waals surface area contributed by atoms with Gasteiger partial charge in [-0.05, 0) is 44.6 Å². The highest BCUT2D eigenvalue weighted by molar-refractivity contribution is 7.86. The first-order chi connectivity index (χ1) is 17.0. The number of rotatable bonds is 5. The van der Waals surface area contributed by atoms with Gasteiger partial charge in [0, 0.05) is 43.1 Å². The number of likely N-dealkylation sites (N-methyl/N-ethyl adjacent to an activating group) is 1. The summed E-state index contributed by atoms with van der Waals surface area (Å²) >= 11 is 4.47. The number of amides is 2. The lowest BCUT2D eigenvalue weighted by atomic mass is 10.2. The first-order valence-corrected chi connectivity index (χ1v) is 12.8. The summed E-state index contributed by atoms with van der Waals surface area (Å²) in [6.07, 6.45) is 0.847. The van der Waals surface area contributed by atoms with Crippen molar-refractivity contribution in [2.24, 2.45) is 0 Å². The second kappa shape index (κ2) is 12.3. The third kappa shape index (κ3) is 8.44. The Balaban J connectivity index is 0.000000521. The molecule has 3 rings (SSSR count). The van der Waals surface area contributed by atoms with E-state index in [1.807, 2.05) is 19.0 Å². The molecule has 1 N–H and O–H groups in total. The smallest absolute Gasteiger partial charge is 0.445 e. The monoisotopic (exact) mass is 572 g/mol. The van der Waals surface area contributed by atoms with Gasteiger partial charge in [0.1, 0.15) is 12.6 Å². The van der Waals surface area contributed by atoms with E-state index in [0.717, 1.165) is 6.42 Å². The number of ether oxygens (including phenoxy) is 1. The SMILES string of the molecule is CN(C)[C@@H]1CCN(C(=O)[C@@H]2C[C@H](S)CN2C(=O)OCc2ccc([N+](=O)[O-])cc2)C1.O=S(=O)(O)C(F)(F)F. The molecule has 12 nitrogen and oxygen atoms in total. The van der Waals surface area contributed by atoms with Crippen LogP contribution < -0.4 is 0 Å². The fraction of sp³-hybridized carbons (Fsp3) is 0.600. The summed E-state index contributed by atoms with van der Waals surface area (Å²) in [5.74, 6) is -0.0572. The van der Waals surface area contributed by atoms with Crippen molar-refractivity contribution in [3.8, 4) is 0 Å². The Hall–Kier alpha value is -2.63. The predicted molar refractivity (Wildman–Crippen MR) is 127 cm³/mol. The molecule has 2 amide bonds. The first kappa shape index (κ1) is 30.6. The molecule has 2 saturated heterocycles. The molecule has 2 aliphatic rings. The van der Waals surface area contributed by atoms with Crippen LogP contribution in [0.4, 0.5) is 23.7 Å². The fourth-order valence-electron chi connectivity index (χ4n) is 3.77. The highest BCUT2D eigenvalue weighted by Gasteiger charge is 2.44. The number of nitro groups is 1. The summed E-state index contributed by atoms with van der Waals surface area (Å²) in [4.78, 5) is 41.3. The third-order valence-electron chi connectivity index (χ3n) is 5.81. The number of likely N-dealkylation sites (tertiary alicyclic amines) is 2. The maximum atomic E-state index is 13.0. The zero-order chi connectivity index (χ0) is 28.1. The number of thiol groups is 1. The molecule has 0 spiro atoms. The summed E-state index contributed by atoms with van der Waals surface area (Å²) in [6.45, 7) is 1.67. The molecule has 17 heteroatoms. The molecule has 0 bridgehead atoms. The van der Waals surface area contributed by atoms with E-state index >= 15 is 0 Å². The van der Waals surface area contributed by atoms with Gasteiger partial charge in [-0.25, -0.2) is 4.79 Å². The minimum Gasteiger partial charge on any atom is -0.445 e. The number of benzene rings is 1. The van der Waals surface area contributed by atoms with E-state index in [2.05, 4.69) is 17.5 Å². The summed E-state index contributed by atoms with van der Waals surface area (Å²) < 4.78 is 62.9. The summed E-state index contributed by atoms with van der Waals surface area (Å²) in [5.41, 5.74) is -4.92. The normalized spacial score (nSPS) is 22.0. The van der Waals surface area contributed by atoms with Gasteiger partial charge in [0.15, 0.2) is 0 Å². The molecule has 1 aromatic carbocycles. The van der Waals surface area contributed by atoms with Crippen LogP contribution in [0.5, 0.6) is 0 Å². The summed E-state index contributed by atoms with van der Waals surface area (Å²) in [5, 5.41) is 10.6. The zero-order valence-corrected chi connectivity index (χ0v) is 21.6. The molecular weight excluding hydrogens is 545 g/mol. The Labute approximate surface area is 216 Å². The molecule has 0 aliphatic carbocycles. The standard InChI is InChI=1S/C19H26N4O5S.CHF3O3S/c1-20(2)15-7-8-21(10-15)18(24)17-9-16(29)11-22(17)19(25)28-12-13-3-5-14(6-4-13)23(26)27;2-1(3,4)8(5,6)7/h3-6,15-17,29H,7-12H2,1-2H3;(H,5,6,7)/t15-,16+,17+;/m1./s1. The number of carbonyl (C=O) groups is 2. The van der Waals surface area contributed by atoms with Crippen LogP contribution in [-0.2, 0) is 26.3 Å². The highest BCUT2D eigenvalue weighted by Crippen LogP contribution is 2.27. The number of nitro benzene ring substituents is 1. The van der Waals surface area contributed by atoms with Crippen LogP contribution in [0.2, 0.25) is 0 Å². The van der Waals surface area contributed by atoms with Crippen LogP contribution in [0.15, 0.2) is 24.3 Å². The number of halogens is 3. The number of alkyl halides is 3. The molecule has 37 heavy (non-hydrogen) atoms. The quantitative estimate of drug-likeness (QED) is 0.178. The van der Waals surface area contributed by atoms with Crippen molar-refractivity contribution in [1.29, 1.82) is 0 Å². The Morgan fingerprint density at radius 1 is 1.24 bits per heavy atom. The fourth-order valence-corrected chi connectivity index (χ4v) is 4.14. The molecule has 3 atom stereocenters. The number of hydrogen-bond acceptors (Lipinski definition) is 9. The van der Waals surface area contributed by atoms with Crippen LogP contribution in [0.1, 0.15) is 18.4 Å². The van der Waals surface area contributed by atoms with Crippen molar-refractivity contribution in [2.45, 2.75) is 42.3 Å². The zero-order valence-electron chi connectivity index (χ0n) is 19.9. The Kier molecular flexibility index (Phi) is 10.2. The van der Waals surface area contributed by atoms with Gasteiger partial charge in [-0.3, -0.25) is 24.4 Å². The Morgan fingerprint density at radius 3 is 2.27 bits per heavy atom. The molecule has 2 heterocycles. The second-order valence-corrected chi connectivity index (χ2v) is 10.8. The number of non-ortho nitro benzene ring substituents is 1. The first-order valence-electron chi connectivity index (χ1n) is 10.8. The lowest BCUT2D eigenvalue weighted by Crippen LogP contribution is -2.48. The third-order valence-corrected chi connectivity index (χ3v) is 6.76. The van der Waals surface area contributed by atoms with Crippen molar-refractivity contribution >= 4 is 40.4 Å². The number of carbonyl (C=O) groups excluding carboxylic acids is 2. The van der Waals surface area contributed by atoms with E-state index in [1.165, 1.54) is 17.0 Å². The number of nitrogens with zero attached hydrogens (tertiary/aromatic N) is 4. The lowest BCUT2D eigenvalue weighted by molar-refractivity contribution is -0.384. The number of hydrogen-bond donors (Lipinski definition) is 2. The van der Waals surface area contributed by atoms with Gasteiger partial charge < -0.3 is 14.5 Å². The lowest BCUT2D eigenvalue weighted by Gasteiger charge is -2.27. The van der Waals surface area contributed by atoms with E-state index in [-0.39, 0.29) is 23.5 Å². The minimum absolute atomic E-state index is 0.0160. The molecular formula is C20H27F3N4O8S2. The molecule has 0 aromatic heterocycles. The van der Waals surface area contributed by atoms with Gasteiger partial charge in [0.25, 0.3) is 5.69 Å². The topological polar surface area (TPSA) is 151 Å². The largest absolute Gasteiger partial charge is 0.522 e. The van der Waals surface area contributed by atoms with E-state index in [9.17, 15) is 32.9 Å². The van der Waals surface area contributed by atoms with Crippen molar-refractivity contribution in [1.82, 2.24) is 14.7 Å². The predicted octanol–water partition coefficient (Wildman–Crippen LogP) is 2.16. The van der Waals surface area contributed by atoms with Gasteiger partial charge in [-0.1, -0.05) is 0 Å². The minimum atomic E-state index is -5.84. The second-order valence-electron chi connectivity index (χ2n) is 8.65. The molecule has 0 radical (unpaired) electrons. The van der Waals surface area contributed by atoms with E-state index in [0.29, 0.717) is 37.7 Å². The maximum Gasteiger partial charge on any atom is 0.522 e. The van der Waals surface area contributed by atoms with E-state index in [4.69, 9.17) is 17.7 Å². The maximum absolute atomic E-state index is 13.0. The average molecular weight is 573 g/mol. The van der Waals surface area contributed by atoms with Gasteiger partial charge in [0.2, 0.25) is 5.91 Å². The summed E-state index contributed by atoms with van der Waals surface area (Å²) in [6, 6.07) is 5.58. The van der Waals surface area contributed by atoms with E-state index < -0.39 is 32.7 Å². The Bertz CT molecular complexity index is 1090. The van der Waals surface area contributed by atoms with Crippen molar-refractivity contribution in [3.05, 3.63) is 39.9 Å². The molecule has 0 saturated carbocycles. The van der Waals surface area contributed by atoms with Crippen LogP contribution in [0.3, 0.4) is 0 Å². The molecule has 208 valence electrons.